The number of hydrogen-bond acceptors (Lipinski definition) is 3. The lowest BCUT2D eigenvalue weighted by molar-refractivity contribution is -0.134. The number of thiophene rings is 1. The fraction of sp³-hybridized carbons (Fsp3) is 0.643. The predicted octanol–water partition coefficient (Wildman–Crippen LogP) is 2.61. The first-order chi connectivity index (χ1) is 8.58. The van der Waals surface area contributed by atoms with Crippen molar-refractivity contribution in [1.29, 1.82) is 0 Å². The van der Waals surface area contributed by atoms with Gasteiger partial charge in [0, 0.05) is 12.6 Å². The molecule has 1 heterocycles. The maximum absolute atomic E-state index is 12.4. The van der Waals surface area contributed by atoms with E-state index in [1.807, 2.05) is 4.90 Å². The van der Waals surface area contributed by atoms with E-state index in [-0.39, 0.29) is 11.9 Å². The normalized spacial score (nSPS) is 16.9. The van der Waals surface area contributed by atoms with Crippen molar-refractivity contribution in [2.75, 3.05) is 0 Å². The number of carbonyl (C=O) groups excluding carboxylic acids is 1. The largest absolute Gasteiger partial charge is 0.334 e. The minimum Gasteiger partial charge on any atom is -0.334 e. The van der Waals surface area contributed by atoms with Crippen LogP contribution in [0.1, 0.15) is 38.7 Å². The third kappa shape index (κ3) is 3.56. The van der Waals surface area contributed by atoms with Crippen LogP contribution in [0.2, 0.25) is 0 Å². The third-order valence-electron chi connectivity index (χ3n) is 3.25. The summed E-state index contributed by atoms with van der Waals surface area (Å²) < 4.78 is 0. The van der Waals surface area contributed by atoms with Crippen molar-refractivity contribution in [3.05, 3.63) is 22.4 Å². The van der Waals surface area contributed by atoms with E-state index in [0.717, 1.165) is 25.8 Å². The zero-order chi connectivity index (χ0) is 13.1. The van der Waals surface area contributed by atoms with Crippen LogP contribution >= 0.6 is 11.3 Å². The Morgan fingerprint density at radius 1 is 1.56 bits per heavy atom. The van der Waals surface area contributed by atoms with Gasteiger partial charge in [0.15, 0.2) is 0 Å². The zero-order valence-corrected chi connectivity index (χ0v) is 12.0. The minimum absolute atomic E-state index is 0.123. The van der Waals surface area contributed by atoms with Crippen LogP contribution in [-0.4, -0.2) is 22.9 Å². The van der Waals surface area contributed by atoms with E-state index < -0.39 is 0 Å². The van der Waals surface area contributed by atoms with Gasteiger partial charge in [-0.25, -0.2) is 0 Å². The Bertz CT molecular complexity index is 385. The Kier molecular flexibility index (Phi) is 4.40. The molecule has 3 nitrogen and oxygen atoms in total. The molecule has 0 bridgehead atoms. The Labute approximate surface area is 113 Å². The van der Waals surface area contributed by atoms with Gasteiger partial charge in [-0.3, -0.25) is 4.79 Å². The van der Waals surface area contributed by atoms with Crippen molar-refractivity contribution in [2.45, 2.75) is 51.7 Å². The maximum Gasteiger partial charge on any atom is 0.240 e. The number of rotatable bonds is 6. The van der Waals surface area contributed by atoms with Gasteiger partial charge in [0.05, 0.1) is 6.04 Å². The Morgan fingerprint density at radius 2 is 2.28 bits per heavy atom. The molecule has 4 heteroatoms. The molecule has 0 aromatic carbocycles. The van der Waals surface area contributed by atoms with Gasteiger partial charge < -0.3 is 10.6 Å². The van der Waals surface area contributed by atoms with Gasteiger partial charge in [0.1, 0.15) is 0 Å². The summed E-state index contributed by atoms with van der Waals surface area (Å²) in [7, 11) is 0. The van der Waals surface area contributed by atoms with Crippen molar-refractivity contribution in [3.63, 3.8) is 0 Å². The van der Waals surface area contributed by atoms with Crippen molar-refractivity contribution in [1.82, 2.24) is 4.90 Å². The predicted molar refractivity (Wildman–Crippen MR) is 75.3 cm³/mol. The molecule has 1 unspecified atom stereocenters. The van der Waals surface area contributed by atoms with Crippen molar-refractivity contribution < 1.29 is 4.79 Å². The summed E-state index contributed by atoms with van der Waals surface area (Å²) in [5.74, 6) is 0.587. The summed E-state index contributed by atoms with van der Waals surface area (Å²) in [6.45, 7) is 4.93. The van der Waals surface area contributed by atoms with E-state index >= 15 is 0 Å². The highest BCUT2D eigenvalue weighted by atomic mass is 32.1. The number of amides is 1. The smallest absolute Gasteiger partial charge is 0.240 e. The van der Waals surface area contributed by atoms with Gasteiger partial charge in [0.25, 0.3) is 0 Å². The monoisotopic (exact) mass is 266 g/mol. The summed E-state index contributed by atoms with van der Waals surface area (Å²) in [5, 5.41) is 4.16. The topological polar surface area (TPSA) is 46.3 Å². The first-order valence-electron chi connectivity index (χ1n) is 6.65. The minimum atomic E-state index is -0.343. The van der Waals surface area contributed by atoms with Crippen LogP contribution in [0.4, 0.5) is 0 Å². The van der Waals surface area contributed by atoms with Crippen molar-refractivity contribution in [3.8, 4) is 0 Å². The Hall–Kier alpha value is -0.870. The average Bonchev–Trinajstić information content (AvgIpc) is 3.02. The molecule has 1 aromatic heterocycles. The highest BCUT2D eigenvalue weighted by Gasteiger charge is 2.34. The van der Waals surface area contributed by atoms with Crippen molar-refractivity contribution in [2.24, 2.45) is 11.7 Å². The van der Waals surface area contributed by atoms with E-state index in [1.165, 1.54) is 5.56 Å². The number of carbonyl (C=O) groups is 1. The number of nitrogens with zero attached hydrogens (tertiary/aromatic N) is 1. The summed E-state index contributed by atoms with van der Waals surface area (Å²) in [6.07, 6.45) is 3.03. The van der Waals surface area contributed by atoms with Crippen LogP contribution in [0, 0.1) is 5.92 Å². The van der Waals surface area contributed by atoms with Crippen LogP contribution in [0.25, 0.3) is 0 Å². The number of hydrogen-bond donors (Lipinski definition) is 1. The second-order valence-electron chi connectivity index (χ2n) is 5.56. The van der Waals surface area contributed by atoms with Gasteiger partial charge in [-0.05, 0) is 47.6 Å². The second-order valence-corrected chi connectivity index (χ2v) is 6.34. The molecule has 1 fully saturated rings. The molecule has 2 rings (SSSR count). The van der Waals surface area contributed by atoms with Crippen LogP contribution in [0.5, 0.6) is 0 Å². The van der Waals surface area contributed by atoms with Gasteiger partial charge >= 0.3 is 0 Å². The first kappa shape index (κ1) is 13.6. The maximum atomic E-state index is 12.4. The van der Waals surface area contributed by atoms with Crippen LogP contribution in [-0.2, 0) is 11.3 Å². The molecule has 0 radical (unpaired) electrons. The van der Waals surface area contributed by atoms with Gasteiger partial charge in [-0.1, -0.05) is 13.8 Å². The molecule has 2 N–H and O–H groups in total. The lowest BCUT2D eigenvalue weighted by Gasteiger charge is -2.26. The standard InChI is InChI=1S/C14H22N2OS/c1-10(2)7-13(15)14(17)16(12-3-4-12)8-11-5-6-18-9-11/h5-6,9-10,12-13H,3-4,7-8,15H2,1-2H3. The lowest BCUT2D eigenvalue weighted by atomic mass is 10.0. The summed E-state index contributed by atoms with van der Waals surface area (Å²) in [4.78, 5) is 14.4. The van der Waals surface area contributed by atoms with E-state index in [1.54, 1.807) is 11.3 Å². The zero-order valence-electron chi connectivity index (χ0n) is 11.1. The second kappa shape index (κ2) is 5.85. The Balaban J connectivity index is 1.98. The molecule has 0 saturated heterocycles. The third-order valence-corrected chi connectivity index (χ3v) is 3.98. The van der Waals surface area contributed by atoms with Gasteiger partial charge in [-0.15, -0.1) is 0 Å². The molecule has 1 saturated carbocycles. The lowest BCUT2D eigenvalue weighted by Crippen LogP contribution is -2.45. The first-order valence-corrected chi connectivity index (χ1v) is 7.59. The quantitative estimate of drug-likeness (QED) is 0.860. The molecular formula is C14H22N2OS. The molecule has 0 spiro atoms. The van der Waals surface area contributed by atoms with Crippen LogP contribution in [0.3, 0.4) is 0 Å². The Morgan fingerprint density at radius 3 is 2.78 bits per heavy atom. The van der Waals surface area contributed by atoms with Crippen LogP contribution < -0.4 is 5.73 Å². The molecular weight excluding hydrogens is 244 g/mol. The van der Waals surface area contributed by atoms with E-state index in [2.05, 4.69) is 30.7 Å². The van der Waals surface area contributed by atoms with Crippen molar-refractivity contribution >= 4 is 17.2 Å². The molecule has 1 aliphatic carbocycles. The highest BCUT2D eigenvalue weighted by Crippen LogP contribution is 2.29. The SMILES string of the molecule is CC(C)CC(N)C(=O)N(Cc1ccsc1)C1CC1. The van der Waals surface area contributed by atoms with Gasteiger partial charge in [-0.2, -0.15) is 11.3 Å². The fourth-order valence-corrected chi connectivity index (χ4v) is 2.83. The summed E-state index contributed by atoms with van der Waals surface area (Å²) >= 11 is 1.68. The van der Waals surface area contributed by atoms with Crippen LogP contribution in [0.15, 0.2) is 16.8 Å². The fourth-order valence-electron chi connectivity index (χ4n) is 2.17. The molecule has 1 atom stereocenters. The molecule has 0 aliphatic heterocycles. The highest BCUT2D eigenvalue weighted by molar-refractivity contribution is 7.07. The van der Waals surface area contributed by atoms with Gasteiger partial charge in [0.2, 0.25) is 5.91 Å². The van der Waals surface area contributed by atoms with E-state index in [9.17, 15) is 4.79 Å². The summed E-state index contributed by atoms with van der Waals surface area (Å²) in [6, 6.07) is 2.17. The molecule has 1 amide bonds. The molecule has 100 valence electrons. The number of nitrogens with two attached hydrogens (primary N) is 1. The van der Waals surface area contributed by atoms with E-state index in [0.29, 0.717) is 12.0 Å². The summed E-state index contributed by atoms with van der Waals surface area (Å²) in [5.41, 5.74) is 7.24. The molecule has 1 aromatic rings. The molecule has 18 heavy (non-hydrogen) atoms. The van der Waals surface area contributed by atoms with E-state index in [4.69, 9.17) is 5.73 Å². The molecule has 1 aliphatic rings. The average molecular weight is 266 g/mol.